The molecule has 0 aromatic heterocycles. The summed E-state index contributed by atoms with van der Waals surface area (Å²) in [6.45, 7) is 0. The Morgan fingerprint density at radius 3 is 1.25 bits per heavy atom. The first-order chi connectivity index (χ1) is 1.00. The second-order valence-electron chi connectivity index (χ2n) is 0. The second kappa shape index (κ2) is 39.5. The van der Waals surface area contributed by atoms with Crippen LogP contribution in [-0.2, 0) is 0 Å². The fourth-order valence-corrected chi connectivity index (χ4v) is 0. The average molecular weight is 72.0 g/mol. The van der Waals surface area contributed by atoms with Crippen LogP contribution in [0.1, 0.15) is 0 Å². The van der Waals surface area contributed by atoms with E-state index in [4.69, 9.17) is 5.11 Å². The molecule has 0 saturated carbocycles. The van der Waals surface area contributed by atoms with Crippen LogP contribution in [0, 0.1) is 0 Å². The van der Waals surface area contributed by atoms with Gasteiger partial charge in [0.05, 0.1) is 0 Å². The molecule has 0 spiro atoms. The van der Waals surface area contributed by atoms with Crippen molar-refractivity contribution in [3.63, 3.8) is 0 Å². The largest absolute Gasteiger partial charge is 1.00 e. The predicted molar refractivity (Wildman–Crippen MR) is 9.54 cm³/mol. The molecule has 0 aromatic rings. The van der Waals surface area contributed by atoms with Gasteiger partial charge in [-0.25, -0.2) is 0 Å². The Labute approximate surface area is 47.4 Å². The molecule has 0 atom stereocenters. The summed E-state index contributed by atoms with van der Waals surface area (Å²) in [5.41, 5.74) is 0. The first-order valence-electron chi connectivity index (χ1n) is 0.408. The van der Waals surface area contributed by atoms with E-state index in [1.807, 2.05) is 0 Å². The third-order valence-corrected chi connectivity index (χ3v) is 0. The van der Waals surface area contributed by atoms with Gasteiger partial charge in [0.1, 0.15) is 0 Å². The summed E-state index contributed by atoms with van der Waals surface area (Å²) in [5, 5.41) is 8.25. The van der Waals surface area contributed by atoms with Crippen molar-refractivity contribution < 1.29 is 40.1 Å². The first kappa shape index (κ1) is 20.5. The maximum Gasteiger partial charge on any atom is 1.00 e. The molecule has 0 amide bonds. The van der Waals surface area contributed by atoms with Crippen LogP contribution in [0.4, 0.5) is 0 Å². The summed E-state index contributed by atoms with van der Waals surface area (Å²) in [4.78, 5) is 0. The van der Waals surface area contributed by atoms with Gasteiger partial charge >= 0.3 is 29.6 Å². The maximum absolute atomic E-state index is 8.25. The minimum Gasteiger partial charge on any atom is -0.857 e. The molecule has 0 aliphatic rings. The molecule has 4 heavy (non-hydrogen) atoms. The summed E-state index contributed by atoms with van der Waals surface area (Å²) in [7, 11) is 0.750. The van der Waals surface area contributed by atoms with Crippen LogP contribution in [0.5, 0.6) is 0 Å². The summed E-state index contributed by atoms with van der Waals surface area (Å²) in [6.07, 6.45) is 0. The van der Waals surface area contributed by atoms with E-state index < -0.39 is 0 Å². The second-order valence-corrected chi connectivity index (χ2v) is 0. The van der Waals surface area contributed by atoms with E-state index in [9.17, 15) is 0 Å². The summed E-state index contributed by atoms with van der Waals surface area (Å²) in [5.74, 6) is 0. The van der Waals surface area contributed by atoms with Gasteiger partial charge in [0.15, 0.2) is 0 Å². The van der Waals surface area contributed by atoms with E-state index >= 15 is 0 Å². The molecule has 0 fully saturated rings. The Morgan fingerprint density at radius 1 is 1.25 bits per heavy atom. The molecule has 0 radical (unpaired) electrons. The molecule has 0 unspecified atom stereocenters. The van der Waals surface area contributed by atoms with Crippen LogP contribution in [-0.4, -0.2) is 12.6 Å². The van der Waals surface area contributed by atoms with Crippen molar-refractivity contribution in [3.05, 3.63) is 0 Å². The minimum atomic E-state index is 0. The van der Waals surface area contributed by atoms with Gasteiger partial charge in [0, 0.05) is 0 Å². The summed E-state index contributed by atoms with van der Waals surface area (Å²) in [6, 6.07) is 0. The van der Waals surface area contributed by atoms with Crippen molar-refractivity contribution in [2.45, 2.75) is 0 Å². The van der Waals surface area contributed by atoms with Crippen molar-refractivity contribution in [1.82, 2.24) is 0 Å². The van der Waals surface area contributed by atoms with Crippen molar-refractivity contribution in [2.75, 3.05) is 7.11 Å². The molecule has 0 aliphatic carbocycles. The van der Waals surface area contributed by atoms with E-state index in [2.05, 4.69) is 0 Å². The van der Waals surface area contributed by atoms with Crippen LogP contribution in [0.2, 0.25) is 0 Å². The molecule has 3 heteroatoms. The molecule has 2 N–H and O–H groups in total. The zero-order valence-electron chi connectivity index (χ0n) is 2.91. The van der Waals surface area contributed by atoms with E-state index in [0.717, 1.165) is 7.11 Å². The molecule has 0 saturated heterocycles. The van der Waals surface area contributed by atoms with Crippen LogP contribution in [0.25, 0.3) is 0 Å². The van der Waals surface area contributed by atoms with Gasteiger partial charge in [-0.15, -0.1) is 0 Å². The Morgan fingerprint density at radius 2 is 1.25 bits per heavy atom. The third-order valence-electron chi connectivity index (χ3n) is 0. The fraction of sp³-hybridized carbons (Fsp3) is 1.00. The zero-order valence-corrected chi connectivity index (χ0v) is 4.91. The fourth-order valence-electron chi connectivity index (χ4n) is 0. The van der Waals surface area contributed by atoms with Gasteiger partial charge < -0.3 is 10.6 Å². The smallest absolute Gasteiger partial charge is 0.857 e. The number of hydrogen-bond acceptors (Lipinski definition) is 1. The topological polar surface area (TPSA) is 54.6 Å². The van der Waals surface area contributed by atoms with Crippen molar-refractivity contribution >= 4 is 0 Å². The Kier molecular flexibility index (Phi) is 202. The van der Waals surface area contributed by atoms with Crippen LogP contribution >= 0.6 is 0 Å². The normalized spacial score (nSPS) is 1.50. The van der Waals surface area contributed by atoms with Crippen LogP contribution < -0.4 is 34.7 Å². The molecule has 2 nitrogen and oxygen atoms in total. The van der Waals surface area contributed by atoms with Crippen molar-refractivity contribution in [1.29, 1.82) is 0 Å². The van der Waals surface area contributed by atoms with E-state index in [1.54, 1.807) is 0 Å². The number of rotatable bonds is 0. The maximum atomic E-state index is 8.25. The van der Waals surface area contributed by atoms with E-state index in [-0.39, 0.29) is 35.0 Å². The molecule has 22 valence electrons. The van der Waals surface area contributed by atoms with E-state index in [1.165, 1.54) is 0 Å². The third kappa shape index (κ3) is 12.7. The number of hydrogen-bond donors (Lipinski definition) is 0. The molecular weight excluding hydrogens is 67.0 g/mol. The van der Waals surface area contributed by atoms with Gasteiger partial charge in [0.2, 0.25) is 0 Å². The van der Waals surface area contributed by atoms with Gasteiger partial charge in [-0.1, -0.05) is 0 Å². The zero-order chi connectivity index (χ0) is 2.00. The molecular formula is CH5NaO2. The molecule has 0 rings (SSSR count). The van der Waals surface area contributed by atoms with Gasteiger partial charge in [-0.3, -0.25) is 0 Å². The molecule has 0 bridgehead atoms. The first-order valence-corrected chi connectivity index (χ1v) is 0.408. The standard InChI is InChI=1S/CH3O.Na.H2O/c1-2;;/h1H3;;1H2/q-1;+1;. The monoisotopic (exact) mass is 72.0 g/mol. The SMILES string of the molecule is C[O-].O.[Na+]. The summed E-state index contributed by atoms with van der Waals surface area (Å²) >= 11 is 0. The van der Waals surface area contributed by atoms with Crippen molar-refractivity contribution in [3.8, 4) is 0 Å². The molecule has 0 aliphatic heterocycles. The Hall–Kier alpha value is 0.920. The van der Waals surface area contributed by atoms with Crippen molar-refractivity contribution in [2.24, 2.45) is 0 Å². The van der Waals surface area contributed by atoms with Crippen LogP contribution in [0.3, 0.4) is 0 Å². The quantitative estimate of drug-likeness (QED) is 0.265. The average Bonchev–Trinajstić information content (AvgIpc) is 1.00. The van der Waals surface area contributed by atoms with Gasteiger partial charge in [0.25, 0.3) is 0 Å². The van der Waals surface area contributed by atoms with E-state index in [0.29, 0.717) is 0 Å². The van der Waals surface area contributed by atoms with Gasteiger partial charge in [-0.2, -0.15) is 7.11 Å². The van der Waals surface area contributed by atoms with Crippen LogP contribution in [0.15, 0.2) is 0 Å². The summed E-state index contributed by atoms with van der Waals surface area (Å²) < 4.78 is 0. The molecule has 0 aromatic carbocycles. The Bertz CT molecular complexity index is 6.00. The predicted octanol–water partition coefficient (Wildman–Crippen LogP) is -4.84. The molecule has 0 heterocycles. The minimum absolute atomic E-state index is 0. The Balaban J connectivity index is -0.00000000500. The van der Waals surface area contributed by atoms with Gasteiger partial charge in [-0.05, 0) is 0 Å².